The number of piperazine rings is 1. The van der Waals surface area contributed by atoms with Crippen LogP contribution in [0.15, 0.2) is 65.7 Å². The molecule has 3 amide bonds. The Morgan fingerprint density at radius 3 is 2.36 bits per heavy atom. The van der Waals surface area contributed by atoms with Crippen molar-refractivity contribution in [1.82, 2.24) is 49.7 Å². The number of piperidine rings is 1. The fourth-order valence-corrected chi connectivity index (χ4v) is 12.0. The van der Waals surface area contributed by atoms with Crippen LogP contribution < -0.4 is 40.7 Å². The molecule has 22 heteroatoms. The topological polar surface area (TPSA) is 197 Å². The highest BCUT2D eigenvalue weighted by atomic mass is 79.9. The number of carbonyl (C=O) groups is 2. The number of hydrogen-bond acceptors (Lipinski definition) is 15. The molecule has 7 aromatic rings. The second kappa shape index (κ2) is 19.0. The average Bonchev–Trinajstić information content (AvgIpc) is 4.05. The SMILES string of the molecule is COc1cc(N2CCC(CN3CCN(c4cc5c(cc4F)c(N4CCC(=O)NC4=O)nn5C)CC3)CC2)c(-c2cnn(C)c2)cc1Nc1ncc(Br)c(Nc2ccc3nc(C4CC4)cnc3c2P(C)(C)=O)n1. The maximum absolute atomic E-state index is 15.9. The van der Waals surface area contributed by atoms with Crippen molar-refractivity contribution in [1.29, 1.82) is 0 Å². The summed E-state index contributed by atoms with van der Waals surface area (Å²) < 4.78 is 39.8. The molecule has 3 N–H and O–H groups in total. The van der Waals surface area contributed by atoms with E-state index in [4.69, 9.17) is 19.7 Å². The number of ether oxygens (including phenoxy) is 1. The summed E-state index contributed by atoms with van der Waals surface area (Å²) >= 11 is 3.64. The van der Waals surface area contributed by atoms with Gasteiger partial charge in [-0.15, -0.1) is 0 Å². The average molecular weight is 1060 g/mol. The molecule has 3 aromatic carbocycles. The lowest BCUT2D eigenvalue weighted by Crippen LogP contribution is -2.49. The van der Waals surface area contributed by atoms with E-state index >= 15 is 4.39 Å². The number of imide groups is 1. The molecule has 7 heterocycles. The number of methoxy groups -OCH3 is 1. The van der Waals surface area contributed by atoms with Gasteiger partial charge < -0.3 is 29.7 Å². The lowest BCUT2D eigenvalue weighted by atomic mass is 9.94. The number of benzene rings is 3. The van der Waals surface area contributed by atoms with Gasteiger partial charge in [-0.3, -0.25) is 34.3 Å². The van der Waals surface area contributed by atoms with E-state index in [-0.39, 0.29) is 24.7 Å². The Morgan fingerprint density at radius 1 is 0.875 bits per heavy atom. The molecule has 3 aliphatic heterocycles. The van der Waals surface area contributed by atoms with Crippen LogP contribution in [0.5, 0.6) is 5.75 Å². The summed E-state index contributed by atoms with van der Waals surface area (Å²) in [5.41, 5.74) is 7.88. The largest absolute Gasteiger partial charge is 0.494 e. The van der Waals surface area contributed by atoms with E-state index in [1.165, 1.54) is 11.0 Å². The Kier molecular flexibility index (Phi) is 12.6. The van der Waals surface area contributed by atoms with Crippen LogP contribution in [-0.4, -0.2) is 129 Å². The van der Waals surface area contributed by atoms with Gasteiger partial charge in [-0.2, -0.15) is 15.2 Å². The van der Waals surface area contributed by atoms with Crippen LogP contribution in [0.25, 0.3) is 33.1 Å². The Labute approximate surface area is 424 Å². The summed E-state index contributed by atoms with van der Waals surface area (Å²) in [6.45, 7) is 9.36. The van der Waals surface area contributed by atoms with Gasteiger partial charge in [0, 0.05) is 126 Å². The van der Waals surface area contributed by atoms with Crippen LogP contribution in [0.3, 0.4) is 0 Å². The quantitative estimate of drug-likeness (QED) is 0.0949. The molecule has 0 unspecified atom stereocenters. The van der Waals surface area contributed by atoms with Gasteiger partial charge in [0.2, 0.25) is 11.9 Å². The number of nitrogens with one attached hydrogen (secondary N) is 3. The van der Waals surface area contributed by atoms with Crippen molar-refractivity contribution in [2.45, 2.75) is 38.0 Å². The zero-order valence-electron chi connectivity index (χ0n) is 40.8. The fraction of sp³-hybridized carbons (Fsp3) is 0.400. The molecule has 0 spiro atoms. The molecule has 19 nitrogen and oxygen atoms in total. The maximum Gasteiger partial charge on any atom is 0.329 e. The van der Waals surface area contributed by atoms with Crippen molar-refractivity contribution in [2.75, 3.05) is 98.1 Å². The number of hydrogen-bond donors (Lipinski definition) is 3. The van der Waals surface area contributed by atoms with E-state index in [9.17, 15) is 14.2 Å². The molecule has 72 heavy (non-hydrogen) atoms. The van der Waals surface area contributed by atoms with E-state index in [0.29, 0.717) is 91.5 Å². The van der Waals surface area contributed by atoms with Crippen LogP contribution in [0.4, 0.5) is 49.5 Å². The first-order valence-electron chi connectivity index (χ1n) is 24.3. The molecular formula is C50H56BrFN15O4P. The molecule has 4 aliphatic rings. The minimum atomic E-state index is -2.84. The molecule has 4 aromatic heterocycles. The first-order chi connectivity index (χ1) is 34.7. The third-order valence-corrected chi connectivity index (χ3v) is 16.3. The summed E-state index contributed by atoms with van der Waals surface area (Å²) in [7, 11) is 2.51. The smallest absolute Gasteiger partial charge is 0.329 e. The van der Waals surface area contributed by atoms with Gasteiger partial charge in [0.25, 0.3) is 0 Å². The lowest BCUT2D eigenvalue weighted by Gasteiger charge is -2.40. The molecule has 3 saturated heterocycles. The number of halogens is 2. The van der Waals surface area contributed by atoms with E-state index in [1.54, 1.807) is 43.0 Å². The number of aromatic nitrogens is 8. The van der Waals surface area contributed by atoms with Gasteiger partial charge in [0.15, 0.2) is 5.82 Å². The standard InChI is InChI=1S/C50H56BrFN15O4P/c1-62-28-31(24-55-62)32-21-38(58-49-54-25-34(51)47(60-49)57-37-9-8-36-45(46(37)72(4,5)70)53-26-39(56-36)30-6-7-30)43(71-3)23-41(32)65-13-10-29(11-14-65)27-64-16-18-66(19-17-64)42-22-40-33(20-35(42)52)48(61-63(40)2)67-15-12-44(68)59-50(67)69/h8-9,20-26,28-30H,6-7,10-19,27H2,1-5H3,(H,59,68,69)(H2,54,57,58,60). The van der Waals surface area contributed by atoms with Crippen molar-refractivity contribution in [3.63, 3.8) is 0 Å². The number of fused-ring (bicyclic) bond motifs is 2. The first kappa shape index (κ1) is 47.6. The molecule has 11 rings (SSSR count). The Hall–Kier alpha value is -6.70. The summed E-state index contributed by atoms with van der Waals surface area (Å²) in [5.74, 6) is 2.03. The van der Waals surface area contributed by atoms with E-state index in [1.807, 2.05) is 43.8 Å². The Balaban J connectivity index is 0.766. The van der Waals surface area contributed by atoms with Gasteiger partial charge in [-0.05, 0) is 91.2 Å². The van der Waals surface area contributed by atoms with Crippen molar-refractivity contribution in [3.8, 4) is 16.9 Å². The van der Waals surface area contributed by atoms with Crippen molar-refractivity contribution >= 4 is 103 Å². The van der Waals surface area contributed by atoms with Crippen LogP contribution in [0, 0.1) is 11.7 Å². The summed E-state index contributed by atoms with van der Waals surface area (Å²) in [6, 6.07) is 10.7. The third kappa shape index (κ3) is 9.44. The van der Waals surface area contributed by atoms with Crippen LogP contribution in [0.2, 0.25) is 0 Å². The van der Waals surface area contributed by atoms with Crippen molar-refractivity contribution < 1.29 is 23.3 Å². The number of amides is 3. The van der Waals surface area contributed by atoms with Gasteiger partial charge in [0.05, 0.1) is 56.9 Å². The number of aryl methyl sites for hydroxylation is 2. The summed E-state index contributed by atoms with van der Waals surface area (Å²) in [6.07, 6.45) is 11.8. The number of rotatable bonds is 13. The van der Waals surface area contributed by atoms with Gasteiger partial charge in [-0.1, -0.05) is 0 Å². The molecule has 374 valence electrons. The summed E-state index contributed by atoms with van der Waals surface area (Å²) in [4.78, 5) is 51.9. The zero-order valence-corrected chi connectivity index (χ0v) is 43.3. The summed E-state index contributed by atoms with van der Waals surface area (Å²) in [5, 5.41) is 19.4. The monoisotopic (exact) mass is 1060 g/mol. The predicted octanol–water partition coefficient (Wildman–Crippen LogP) is 7.71. The molecule has 0 bridgehead atoms. The highest BCUT2D eigenvalue weighted by Crippen LogP contribution is 2.45. The Morgan fingerprint density at radius 2 is 1.65 bits per heavy atom. The van der Waals surface area contributed by atoms with Crippen LogP contribution in [-0.2, 0) is 23.5 Å². The minimum Gasteiger partial charge on any atom is -0.494 e. The molecule has 1 saturated carbocycles. The Bertz CT molecular complexity index is 3320. The highest BCUT2D eigenvalue weighted by molar-refractivity contribution is 9.10. The second-order valence-electron chi connectivity index (χ2n) is 19.6. The minimum absolute atomic E-state index is 0.160. The van der Waals surface area contributed by atoms with Gasteiger partial charge in [0.1, 0.15) is 30.0 Å². The number of nitrogens with zero attached hydrogens (tertiary/aromatic N) is 12. The molecular weight excluding hydrogens is 1000 g/mol. The molecule has 4 fully saturated rings. The van der Waals surface area contributed by atoms with E-state index < -0.39 is 13.2 Å². The third-order valence-electron chi connectivity index (χ3n) is 14.2. The van der Waals surface area contributed by atoms with E-state index in [0.717, 1.165) is 86.4 Å². The maximum atomic E-state index is 15.9. The lowest BCUT2D eigenvalue weighted by molar-refractivity contribution is -0.120. The number of urea groups is 1. The normalized spacial score (nSPS) is 17.3. The number of carbonyl (C=O) groups excluding carboxylic acids is 2. The predicted molar refractivity (Wildman–Crippen MR) is 282 cm³/mol. The highest BCUT2D eigenvalue weighted by Gasteiger charge is 2.32. The van der Waals surface area contributed by atoms with Gasteiger partial charge in [-0.25, -0.2) is 19.2 Å². The van der Waals surface area contributed by atoms with Crippen molar-refractivity contribution in [2.24, 2.45) is 20.0 Å². The molecule has 1 aliphatic carbocycles. The van der Waals surface area contributed by atoms with Crippen LogP contribution >= 0.6 is 23.1 Å². The van der Waals surface area contributed by atoms with Gasteiger partial charge >= 0.3 is 6.03 Å². The second-order valence-corrected chi connectivity index (χ2v) is 23.6. The number of anilines is 7. The molecule has 0 radical (unpaired) electrons. The fourth-order valence-electron chi connectivity index (χ4n) is 10.3. The zero-order chi connectivity index (χ0) is 50.0. The molecule has 0 atom stereocenters. The van der Waals surface area contributed by atoms with Crippen molar-refractivity contribution in [3.05, 3.63) is 77.2 Å². The first-order valence-corrected chi connectivity index (χ1v) is 27.7. The van der Waals surface area contributed by atoms with Crippen LogP contribution in [0.1, 0.15) is 43.7 Å². The van der Waals surface area contributed by atoms with E-state index in [2.05, 4.69) is 73.9 Å².